The summed E-state index contributed by atoms with van der Waals surface area (Å²) in [7, 11) is 3.15. The molecule has 0 radical (unpaired) electrons. The fourth-order valence-corrected chi connectivity index (χ4v) is 3.47. The summed E-state index contributed by atoms with van der Waals surface area (Å²) in [5, 5.41) is 10.3. The lowest BCUT2D eigenvalue weighted by Crippen LogP contribution is -2.10. The molecule has 2 heterocycles. The number of hydrogen-bond donors (Lipinski definition) is 2. The third-order valence-corrected chi connectivity index (χ3v) is 5.10. The van der Waals surface area contributed by atoms with Gasteiger partial charge in [-0.05, 0) is 25.1 Å². The number of imidazole rings is 1. The normalized spacial score (nSPS) is 12.0. The number of fused-ring (bicyclic) bond motifs is 1. The first-order valence-corrected chi connectivity index (χ1v) is 9.61. The summed E-state index contributed by atoms with van der Waals surface area (Å²) in [5.41, 5.74) is 9.29. The first-order chi connectivity index (χ1) is 14.9. The molecule has 3 N–H and O–H groups in total. The van der Waals surface area contributed by atoms with Gasteiger partial charge in [0.05, 0.1) is 37.1 Å². The Morgan fingerprint density at radius 3 is 2.35 bits per heavy atom. The Morgan fingerprint density at radius 1 is 1.06 bits per heavy atom. The van der Waals surface area contributed by atoms with Crippen molar-refractivity contribution < 1.29 is 19.4 Å². The van der Waals surface area contributed by atoms with E-state index in [9.17, 15) is 9.90 Å². The number of hydrogen-bond acceptors (Lipinski definition) is 6. The third-order valence-electron chi connectivity index (χ3n) is 5.10. The first-order valence-electron chi connectivity index (χ1n) is 9.61. The molecule has 4 aromatic rings. The fourth-order valence-electron chi connectivity index (χ4n) is 3.47. The van der Waals surface area contributed by atoms with Crippen molar-refractivity contribution in [2.24, 2.45) is 5.73 Å². The SMILES string of the molecule is COc1cc2ncn(-c3ccc(C(C)O)c(-c4ccc(C(N)=O)cc4)n3)c2cc1OC. The number of carbonyl (C=O) groups excluding carboxylic acids is 1. The summed E-state index contributed by atoms with van der Waals surface area (Å²) in [5.74, 6) is 1.29. The molecular formula is C23H22N4O4. The minimum Gasteiger partial charge on any atom is -0.493 e. The maximum Gasteiger partial charge on any atom is 0.248 e. The molecule has 1 atom stereocenters. The van der Waals surface area contributed by atoms with Crippen LogP contribution in [0.25, 0.3) is 28.1 Å². The van der Waals surface area contributed by atoms with Gasteiger partial charge in [-0.3, -0.25) is 9.36 Å². The van der Waals surface area contributed by atoms with Crippen LogP contribution in [0.3, 0.4) is 0 Å². The van der Waals surface area contributed by atoms with Gasteiger partial charge < -0.3 is 20.3 Å². The van der Waals surface area contributed by atoms with Gasteiger partial charge in [0.15, 0.2) is 11.5 Å². The van der Waals surface area contributed by atoms with Crippen molar-refractivity contribution in [2.45, 2.75) is 13.0 Å². The van der Waals surface area contributed by atoms with E-state index in [0.717, 1.165) is 16.6 Å². The minimum absolute atomic E-state index is 0.403. The van der Waals surface area contributed by atoms with E-state index in [-0.39, 0.29) is 0 Å². The summed E-state index contributed by atoms with van der Waals surface area (Å²) >= 11 is 0. The molecule has 1 amide bonds. The maximum atomic E-state index is 11.4. The van der Waals surface area contributed by atoms with Crippen molar-refractivity contribution >= 4 is 16.9 Å². The second kappa shape index (κ2) is 8.08. The molecule has 158 valence electrons. The lowest BCUT2D eigenvalue weighted by molar-refractivity contribution is 0.100. The van der Waals surface area contributed by atoms with E-state index in [0.29, 0.717) is 34.1 Å². The van der Waals surface area contributed by atoms with E-state index in [4.69, 9.17) is 20.2 Å². The molecule has 0 saturated carbocycles. The van der Waals surface area contributed by atoms with Gasteiger partial charge in [-0.15, -0.1) is 0 Å². The van der Waals surface area contributed by atoms with E-state index in [2.05, 4.69) is 4.98 Å². The van der Waals surface area contributed by atoms with Crippen molar-refractivity contribution in [3.05, 3.63) is 66.0 Å². The number of amides is 1. The zero-order valence-corrected chi connectivity index (χ0v) is 17.4. The number of nitrogens with two attached hydrogens (primary N) is 1. The second-order valence-electron chi connectivity index (χ2n) is 7.04. The highest BCUT2D eigenvalue weighted by Gasteiger charge is 2.16. The van der Waals surface area contributed by atoms with Crippen LogP contribution >= 0.6 is 0 Å². The molecule has 0 spiro atoms. The predicted octanol–water partition coefficient (Wildman–Crippen LogP) is 3.26. The van der Waals surface area contributed by atoms with E-state index in [1.165, 1.54) is 0 Å². The molecule has 0 aliphatic heterocycles. The van der Waals surface area contributed by atoms with Gasteiger partial charge in [-0.2, -0.15) is 0 Å². The van der Waals surface area contributed by atoms with Gasteiger partial charge >= 0.3 is 0 Å². The Hall–Kier alpha value is -3.91. The highest BCUT2D eigenvalue weighted by molar-refractivity contribution is 5.93. The van der Waals surface area contributed by atoms with Crippen LogP contribution in [0.2, 0.25) is 0 Å². The largest absolute Gasteiger partial charge is 0.493 e. The van der Waals surface area contributed by atoms with E-state index in [1.807, 2.05) is 22.8 Å². The highest BCUT2D eigenvalue weighted by atomic mass is 16.5. The van der Waals surface area contributed by atoms with Crippen LogP contribution in [0.15, 0.2) is 54.9 Å². The van der Waals surface area contributed by atoms with Crippen molar-refractivity contribution in [2.75, 3.05) is 14.2 Å². The monoisotopic (exact) mass is 418 g/mol. The predicted molar refractivity (Wildman–Crippen MR) is 117 cm³/mol. The lowest BCUT2D eigenvalue weighted by atomic mass is 10.0. The molecule has 0 aliphatic rings. The third kappa shape index (κ3) is 3.69. The van der Waals surface area contributed by atoms with Gasteiger partial charge in [0.2, 0.25) is 5.91 Å². The molecule has 8 nitrogen and oxygen atoms in total. The van der Waals surface area contributed by atoms with E-state index >= 15 is 0 Å². The van der Waals surface area contributed by atoms with Gasteiger partial charge in [-0.1, -0.05) is 18.2 Å². The highest BCUT2D eigenvalue weighted by Crippen LogP contribution is 2.33. The standard InChI is InChI=1S/C23H22N4O4/c1-13(28)16-8-9-21(26-22(16)14-4-6-15(7-5-14)23(24)29)27-12-25-17-10-19(30-2)20(31-3)11-18(17)27/h4-13,28H,1-3H3,(H2,24,29). The second-order valence-corrected chi connectivity index (χ2v) is 7.04. The Balaban J connectivity index is 1.87. The number of methoxy groups -OCH3 is 2. The van der Waals surface area contributed by atoms with Crippen LogP contribution < -0.4 is 15.2 Å². The van der Waals surface area contributed by atoms with Crippen LogP contribution in [0.1, 0.15) is 28.9 Å². The number of rotatable bonds is 6. The number of primary amides is 1. The number of pyridine rings is 1. The molecule has 0 saturated heterocycles. The van der Waals surface area contributed by atoms with E-state index in [1.54, 1.807) is 57.8 Å². The molecule has 31 heavy (non-hydrogen) atoms. The fraction of sp³-hybridized carbons (Fsp3) is 0.174. The summed E-state index contributed by atoms with van der Waals surface area (Å²) in [6.45, 7) is 1.68. The molecule has 8 heteroatoms. The van der Waals surface area contributed by atoms with Crippen LogP contribution in [-0.2, 0) is 0 Å². The smallest absolute Gasteiger partial charge is 0.248 e. The maximum absolute atomic E-state index is 11.4. The first kappa shape index (κ1) is 20.4. The Labute approximate surface area is 178 Å². The molecule has 2 aromatic carbocycles. The Morgan fingerprint density at radius 2 is 1.74 bits per heavy atom. The number of benzene rings is 2. The van der Waals surface area contributed by atoms with Crippen molar-refractivity contribution in [1.29, 1.82) is 0 Å². The van der Waals surface area contributed by atoms with Gasteiger partial charge in [0.1, 0.15) is 12.1 Å². The average molecular weight is 418 g/mol. The lowest BCUT2D eigenvalue weighted by Gasteiger charge is -2.14. The van der Waals surface area contributed by atoms with Gasteiger partial charge in [0.25, 0.3) is 0 Å². The average Bonchev–Trinajstić information content (AvgIpc) is 3.20. The van der Waals surface area contributed by atoms with Crippen LogP contribution in [0.4, 0.5) is 0 Å². The van der Waals surface area contributed by atoms with Crippen LogP contribution in [-0.4, -0.2) is 39.8 Å². The molecule has 1 unspecified atom stereocenters. The summed E-state index contributed by atoms with van der Waals surface area (Å²) in [6.07, 6.45) is 0.949. The topological polar surface area (TPSA) is 112 Å². The molecule has 4 rings (SSSR count). The summed E-state index contributed by atoms with van der Waals surface area (Å²) < 4.78 is 12.6. The molecule has 0 fully saturated rings. The number of carbonyl (C=O) groups is 1. The molecule has 0 bridgehead atoms. The number of ether oxygens (including phenoxy) is 2. The zero-order chi connectivity index (χ0) is 22.1. The summed E-state index contributed by atoms with van der Waals surface area (Å²) in [6, 6.07) is 14.1. The van der Waals surface area contributed by atoms with Crippen LogP contribution in [0.5, 0.6) is 11.5 Å². The van der Waals surface area contributed by atoms with Crippen molar-refractivity contribution in [3.8, 4) is 28.6 Å². The number of nitrogens with zero attached hydrogens (tertiary/aromatic N) is 3. The number of aromatic nitrogens is 3. The number of aliphatic hydroxyl groups is 1. The van der Waals surface area contributed by atoms with Crippen molar-refractivity contribution in [1.82, 2.24) is 14.5 Å². The quantitative estimate of drug-likeness (QED) is 0.497. The van der Waals surface area contributed by atoms with Gasteiger partial charge in [-0.25, -0.2) is 9.97 Å². The molecule has 2 aromatic heterocycles. The Kier molecular flexibility index (Phi) is 5.31. The molecule has 0 aliphatic carbocycles. The minimum atomic E-state index is -0.726. The summed E-state index contributed by atoms with van der Waals surface area (Å²) in [4.78, 5) is 20.7. The van der Waals surface area contributed by atoms with Crippen LogP contribution in [0, 0.1) is 0 Å². The molecular weight excluding hydrogens is 396 g/mol. The van der Waals surface area contributed by atoms with E-state index < -0.39 is 12.0 Å². The Bertz CT molecular complexity index is 1260. The number of aliphatic hydroxyl groups excluding tert-OH is 1. The zero-order valence-electron chi connectivity index (χ0n) is 17.4. The van der Waals surface area contributed by atoms with Gasteiger partial charge in [0, 0.05) is 28.8 Å². The van der Waals surface area contributed by atoms with Crippen molar-refractivity contribution in [3.63, 3.8) is 0 Å².